The van der Waals surface area contributed by atoms with Gasteiger partial charge in [-0.1, -0.05) is 0 Å². The molecule has 0 amide bonds. The summed E-state index contributed by atoms with van der Waals surface area (Å²) in [6, 6.07) is 3.99. The number of anilines is 1. The molecule has 0 aliphatic carbocycles. The minimum absolute atomic E-state index is 0.534. The van der Waals surface area contributed by atoms with E-state index in [1.165, 1.54) is 0 Å². The summed E-state index contributed by atoms with van der Waals surface area (Å²) in [5.74, 6) is 2.05. The maximum atomic E-state index is 5.84. The van der Waals surface area contributed by atoms with Gasteiger partial charge < -0.3 is 15.2 Å². The van der Waals surface area contributed by atoms with Crippen LogP contribution in [0.4, 0.5) is 5.82 Å². The molecule has 2 heterocycles. The van der Waals surface area contributed by atoms with Crippen LogP contribution in [-0.2, 0) is 0 Å². The smallest absolute Gasteiger partial charge is 0.169 e. The Morgan fingerprint density at radius 1 is 1.24 bits per heavy atom. The number of nitrogens with two attached hydrogens (primary N) is 1. The molecular weight excluding hydrogens is 218 g/mol. The molecule has 0 spiro atoms. The number of rotatable bonds is 1. The molecule has 1 aromatic heterocycles. The van der Waals surface area contributed by atoms with Crippen molar-refractivity contribution in [3.05, 3.63) is 23.9 Å². The highest BCUT2D eigenvalue weighted by Gasteiger charge is 2.19. The van der Waals surface area contributed by atoms with Gasteiger partial charge in [-0.25, -0.2) is 0 Å². The van der Waals surface area contributed by atoms with Crippen LogP contribution in [0.1, 0.15) is 5.56 Å². The van der Waals surface area contributed by atoms with Gasteiger partial charge in [-0.3, -0.25) is 5.10 Å². The number of fused-ring (bicyclic) bond motifs is 1. The summed E-state index contributed by atoms with van der Waals surface area (Å²) >= 11 is 0. The molecular formula is C12H13N3O2. The third-order valence-corrected chi connectivity index (χ3v) is 2.75. The Labute approximate surface area is 98.5 Å². The first-order valence-electron chi connectivity index (χ1n) is 5.45. The maximum absolute atomic E-state index is 5.84. The topological polar surface area (TPSA) is 73.2 Å². The van der Waals surface area contributed by atoms with E-state index in [9.17, 15) is 0 Å². The molecule has 5 nitrogen and oxygen atoms in total. The zero-order chi connectivity index (χ0) is 11.8. The molecule has 3 N–H and O–H groups in total. The lowest BCUT2D eigenvalue weighted by molar-refractivity contribution is 0.172. The van der Waals surface area contributed by atoms with E-state index in [2.05, 4.69) is 10.2 Å². The average molecular weight is 231 g/mol. The monoisotopic (exact) mass is 231 g/mol. The number of hydrogen-bond acceptors (Lipinski definition) is 4. The Morgan fingerprint density at radius 2 is 2.06 bits per heavy atom. The van der Waals surface area contributed by atoms with E-state index in [4.69, 9.17) is 15.2 Å². The van der Waals surface area contributed by atoms with Gasteiger partial charge in [-0.05, 0) is 24.6 Å². The van der Waals surface area contributed by atoms with Gasteiger partial charge in [0.15, 0.2) is 11.5 Å². The number of H-pyrrole nitrogens is 1. The molecule has 88 valence electrons. The lowest BCUT2D eigenvalue weighted by Gasteiger charge is -2.21. The number of benzene rings is 1. The van der Waals surface area contributed by atoms with Gasteiger partial charge in [0.2, 0.25) is 0 Å². The highest BCUT2D eigenvalue weighted by atomic mass is 16.6. The van der Waals surface area contributed by atoms with Gasteiger partial charge in [-0.15, -0.1) is 0 Å². The van der Waals surface area contributed by atoms with Gasteiger partial charge in [0.1, 0.15) is 19.0 Å². The van der Waals surface area contributed by atoms with Crippen molar-refractivity contribution in [2.75, 3.05) is 18.9 Å². The number of aromatic amines is 1. The molecule has 0 saturated carbocycles. The lowest BCUT2D eigenvalue weighted by atomic mass is 10.0. The van der Waals surface area contributed by atoms with E-state index in [-0.39, 0.29) is 0 Å². The number of aryl methyl sites for hydroxylation is 1. The van der Waals surface area contributed by atoms with E-state index >= 15 is 0 Å². The Morgan fingerprint density at radius 3 is 2.82 bits per heavy atom. The molecule has 0 atom stereocenters. The highest BCUT2D eigenvalue weighted by molar-refractivity contribution is 5.80. The van der Waals surface area contributed by atoms with Crippen LogP contribution in [-0.4, -0.2) is 23.4 Å². The van der Waals surface area contributed by atoms with Crippen molar-refractivity contribution in [3.8, 4) is 22.6 Å². The summed E-state index contributed by atoms with van der Waals surface area (Å²) in [5.41, 5.74) is 8.71. The Hall–Kier alpha value is -2.17. The molecule has 1 aliphatic rings. The summed E-state index contributed by atoms with van der Waals surface area (Å²) in [7, 11) is 0. The first-order chi connectivity index (χ1) is 8.25. The molecule has 17 heavy (non-hydrogen) atoms. The largest absolute Gasteiger partial charge is 0.486 e. The zero-order valence-electron chi connectivity index (χ0n) is 9.49. The zero-order valence-corrected chi connectivity index (χ0v) is 9.49. The van der Waals surface area contributed by atoms with E-state index in [0.29, 0.717) is 19.0 Å². The average Bonchev–Trinajstić information content (AvgIpc) is 2.74. The van der Waals surface area contributed by atoms with E-state index in [1.807, 2.05) is 19.1 Å². The number of hydrogen-bond donors (Lipinski definition) is 2. The van der Waals surface area contributed by atoms with Gasteiger partial charge in [0, 0.05) is 11.1 Å². The lowest BCUT2D eigenvalue weighted by Crippen LogP contribution is -2.16. The molecule has 0 saturated heterocycles. The number of nitrogen functional groups attached to an aromatic ring is 1. The van der Waals surface area contributed by atoms with Crippen molar-refractivity contribution >= 4 is 5.82 Å². The van der Waals surface area contributed by atoms with Crippen LogP contribution >= 0.6 is 0 Å². The normalized spacial score (nSPS) is 13.7. The standard InChI is InChI=1S/C12H13N3O2/c1-7-4-8(9-6-14-15-12(9)13)11-10(5-7)16-2-3-17-11/h4-6H,2-3H2,1H3,(H3,13,14,15). The Bertz CT molecular complexity index is 563. The van der Waals surface area contributed by atoms with Crippen LogP contribution in [0.5, 0.6) is 11.5 Å². The number of aromatic nitrogens is 2. The molecule has 2 aromatic rings. The molecule has 0 bridgehead atoms. The fraction of sp³-hybridized carbons (Fsp3) is 0.250. The second-order valence-electron chi connectivity index (χ2n) is 4.03. The van der Waals surface area contributed by atoms with Crippen LogP contribution < -0.4 is 15.2 Å². The summed E-state index contributed by atoms with van der Waals surface area (Å²) in [5, 5.41) is 6.66. The Kier molecular flexibility index (Phi) is 2.18. The van der Waals surface area contributed by atoms with E-state index < -0.39 is 0 Å². The fourth-order valence-electron chi connectivity index (χ4n) is 2.00. The maximum Gasteiger partial charge on any atom is 0.169 e. The van der Waals surface area contributed by atoms with Gasteiger partial charge in [-0.2, -0.15) is 5.10 Å². The number of ether oxygens (including phenoxy) is 2. The minimum Gasteiger partial charge on any atom is -0.486 e. The summed E-state index contributed by atoms with van der Waals surface area (Å²) < 4.78 is 11.3. The second kappa shape index (κ2) is 3.69. The van der Waals surface area contributed by atoms with Crippen LogP contribution in [0.3, 0.4) is 0 Å². The molecule has 0 radical (unpaired) electrons. The summed E-state index contributed by atoms with van der Waals surface area (Å²) in [6.07, 6.45) is 1.70. The molecule has 5 heteroatoms. The van der Waals surface area contributed by atoms with Crippen molar-refractivity contribution in [2.45, 2.75) is 6.92 Å². The van der Waals surface area contributed by atoms with Crippen molar-refractivity contribution in [3.63, 3.8) is 0 Å². The minimum atomic E-state index is 0.534. The molecule has 3 rings (SSSR count). The molecule has 1 aromatic carbocycles. The number of nitrogens with zero attached hydrogens (tertiary/aromatic N) is 1. The number of nitrogens with one attached hydrogen (secondary N) is 1. The highest BCUT2D eigenvalue weighted by Crippen LogP contribution is 2.42. The van der Waals surface area contributed by atoms with Crippen molar-refractivity contribution in [2.24, 2.45) is 0 Å². The first kappa shape index (κ1) is 10.0. The Balaban J connectivity index is 2.22. The molecule has 1 aliphatic heterocycles. The van der Waals surface area contributed by atoms with Gasteiger partial charge >= 0.3 is 0 Å². The third kappa shape index (κ3) is 1.60. The van der Waals surface area contributed by atoms with Gasteiger partial charge in [0.05, 0.1) is 6.20 Å². The van der Waals surface area contributed by atoms with Crippen LogP contribution in [0.15, 0.2) is 18.3 Å². The predicted octanol–water partition coefficient (Wildman–Crippen LogP) is 1.74. The van der Waals surface area contributed by atoms with Crippen molar-refractivity contribution < 1.29 is 9.47 Å². The summed E-state index contributed by atoms with van der Waals surface area (Å²) in [6.45, 7) is 3.15. The fourth-order valence-corrected chi connectivity index (χ4v) is 2.00. The summed E-state index contributed by atoms with van der Waals surface area (Å²) in [4.78, 5) is 0. The van der Waals surface area contributed by atoms with Crippen LogP contribution in [0.25, 0.3) is 11.1 Å². The van der Waals surface area contributed by atoms with Crippen molar-refractivity contribution in [1.29, 1.82) is 0 Å². The first-order valence-corrected chi connectivity index (χ1v) is 5.45. The second-order valence-corrected chi connectivity index (χ2v) is 4.03. The van der Waals surface area contributed by atoms with Crippen LogP contribution in [0.2, 0.25) is 0 Å². The predicted molar refractivity (Wildman–Crippen MR) is 64.2 cm³/mol. The SMILES string of the molecule is Cc1cc2c(c(-c3cn[nH]c3N)c1)OCCO2. The van der Waals surface area contributed by atoms with Crippen molar-refractivity contribution in [1.82, 2.24) is 10.2 Å². The third-order valence-electron chi connectivity index (χ3n) is 2.75. The van der Waals surface area contributed by atoms with Crippen LogP contribution in [0, 0.1) is 6.92 Å². The molecule has 0 fully saturated rings. The van der Waals surface area contributed by atoms with E-state index in [1.54, 1.807) is 6.20 Å². The van der Waals surface area contributed by atoms with Gasteiger partial charge in [0.25, 0.3) is 0 Å². The van der Waals surface area contributed by atoms with E-state index in [0.717, 1.165) is 28.2 Å². The molecule has 0 unspecified atom stereocenters. The quantitative estimate of drug-likeness (QED) is 0.784.